The second kappa shape index (κ2) is 6.67. The van der Waals surface area contributed by atoms with Crippen LogP contribution in [0, 0.1) is 36.2 Å². The molecular formula is C21H12N4. The maximum atomic E-state index is 9.33. The molecule has 0 atom stereocenters. The summed E-state index contributed by atoms with van der Waals surface area (Å²) in [5, 5.41) is 18.5. The third-order valence-corrected chi connectivity index (χ3v) is 3.97. The molecule has 0 fully saturated rings. The predicted molar refractivity (Wildman–Crippen MR) is 95.5 cm³/mol. The van der Waals surface area contributed by atoms with Crippen LogP contribution in [0.3, 0.4) is 0 Å². The highest BCUT2D eigenvalue weighted by molar-refractivity contribution is 5.90. The van der Waals surface area contributed by atoms with Gasteiger partial charge >= 0.3 is 0 Å². The number of hydrogen-bond donors (Lipinski definition) is 0. The van der Waals surface area contributed by atoms with Crippen LogP contribution in [0.4, 0.5) is 5.69 Å². The molecule has 1 heterocycles. The zero-order valence-electron chi connectivity index (χ0n) is 13.5. The summed E-state index contributed by atoms with van der Waals surface area (Å²) in [6.45, 7) is 9.45. The van der Waals surface area contributed by atoms with Crippen molar-refractivity contribution >= 4 is 5.69 Å². The number of nitrogens with zero attached hydrogens (tertiary/aromatic N) is 4. The first-order chi connectivity index (χ1) is 12.2. The SMILES string of the molecule is [C-]#[N+]c1cc(C#N)c(C#N)cc1-c1nccc(C)c1-c1ccccc1. The average Bonchev–Trinajstić information content (AvgIpc) is 2.67. The van der Waals surface area contributed by atoms with E-state index in [0.29, 0.717) is 16.9 Å². The predicted octanol–water partition coefficient (Wildman–Crippen LogP) is 5.02. The van der Waals surface area contributed by atoms with Crippen molar-refractivity contribution in [3.63, 3.8) is 0 Å². The van der Waals surface area contributed by atoms with Gasteiger partial charge in [-0.2, -0.15) is 10.5 Å². The van der Waals surface area contributed by atoms with Gasteiger partial charge in [-0.05, 0) is 36.2 Å². The zero-order valence-corrected chi connectivity index (χ0v) is 13.5. The minimum atomic E-state index is 0.200. The van der Waals surface area contributed by atoms with Gasteiger partial charge in [-0.1, -0.05) is 30.3 Å². The summed E-state index contributed by atoms with van der Waals surface area (Å²) in [5.74, 6) is 0. The Bertz CT molecular complexity index is 1080. The van der Waals surface area contributed by atoms with E-state index in [0.717, 1.165) is 16.7 Å². The summed E-state index contributed by atoms with van der Waals surface area (Å²) >= 11 is 0. The minimum Gasteiger partial charge on any atom is -0.257 e. The summed E-state index contributed by atoms with van der Waals surface area (Å²) in [6.07, 6.45) is 1.69. The van der Waals surface area contributed by atoms with E-state index in [1.807, 2.05) is 55.5 Å². The smallest absolute Gasteiger partial charge is 0.197 e. The lowest BCUT2D eigenvalue weighted by Gasteiger charge is -2.14. The first-order valence-electron chi connectivity index (χ1n) is 7.56. The molecule has 0 bridgehead atoms. The Morgan fingerprint density at radius 2 is 1.68 bits per heavy atom. The Kier molecular flexibility index (Phi) is 4.25. The maximum absolute atomic E-state index is 9.33. The minimum absolute atomic E-state index is 0.200. The van der Waals surface area contributed by atoms with Crippen LogP contribution in [0.25, 0.3) is 27.2 Å². The van der Waals surface area contributed by atoms with Crippen LogP contribution in [-0.2, 0) is 0 Å². The third kappa shape index (κ3) is 2.83. The second-order valence-electron chi connectivity index (χ2n) is 5.47. The zero-order chi connectivity index (χ0) is 17.8. The number of benzene rings is 2. The number of aryl methyl sites for hydroxylation is 1. The van der Waals surface area contributed by atoms with Gasteiger partial charge in [0.25, 0.3) is 0 Å². The third-order valence-electron chi connectivity index (χ3n) is 3.97. The summed E-state index contributed by atoms with van der Waals surface area (Å²) in [6, 6.07) is 18.8. The van der Waals surface area contributed by atoms with E-state index in [4.69, 9.17) is 6.57 Å². The highest BCUT2D eigenvalue weighted by Gasteiger charge is 2.17. The highest BCUT2D eigenvalue weighted by atomic mass is 14.7. The maximum Gasteiger partial charge on any atom is 0.197 e. The Labute approximate surface area is 146 Å². The molecule has 1 aromatic heterocycles. The Morgan fingerprint density at radius 1 is 1.00 bits per heavy atom. The van der Waals surface area contributed by atoms with Crippen molar-refractivity contribution in [2.24, 2.45) is 0 Å². The van der Waals surface area contributed by atoms with Gasteiger partial charge in [0, 0.05) is 17.3 Å². The standard InChI is InChI=1S/C21H12N4/c1-14-8-9-25-21(20(14)15-6-4-3-5-7-15)18-10-16(12-22)17(13-23)11-19(18)24-2/h3-11H,1H3. The summed E-state index contributed by atoms with van der Waals surface area (Å²) in [4.78, 5) is 8.03. The molecule has 3 aromatic rings. The van der Waals surface area contributed by atoms with Crippen molar-refractivity contribution < 1.29 is 0 Å². The monoisotopic (exact) mass is 320 g/mol. The molecule has 0 aliphatic heterocycles. The Balaban J connectivity index is 2.37. The number of aromatic nitrogens is 1. The van der Waals surface area contributed by atoms with Crippen LogP contribution < -0.4 is 0 Å². The first-order valence-corrected chi connectivity index (χ1v) is 7.56. The van der Waals surface area contributed by atoms with Crippen molar-refractivity contribution in [2.75, 3.05) is 0 Å². The van der Waals surface area contributed by atoms with Gasteiger partial charge in [0.1, 0.15) is 6.07 Å². The molecule has 116 valence electrons. The molecule has 0 saturated heterocycles. The van der Waals surface area contributed by atoms with Crippen molar-refractivity contribution in [3.05, 3.63) is 82.8 Å². The van der Waals surface area contributed by atoms with E-state index < -0.39 is 0 Å². The van der Waals surface area contributed by atoms with E-state index in [2.05, 4.69) is 9.83 Å². The van der Waals surface area contributed by atoms with Crippen molar-refractivity contribution in [1.82, 2.24) is 4.98 Å². The van der Waals surface area contributed by atoms with Gasteiger partial charge < -0.3 is 0 Å². The molecule has 0 aliphatic rings. The first kappa shape index (κ1) is 15.9. The van der Waals surface area contributed by atoms with Crippen LogP contribution >= 0.6 is 0 Å². The molecule has 4 nitrogen and oxygen atoms in total. The van der Waals surface area contributed by atoms with Gasteiger partial charge in [0.2, 0.25) is 0 Å². The molecule has 0 amide bonds. The number of rotatable bonds is 2. The van der Waals surface area contributed by atoms with Gasteiger partial charge in [-0.3, -0.25) is 4.98 Å². The summed E-state index contributed by atoms with van der Waals surface area (Å²) < 4.78 is 0. The number of hydrogen-bond acceptors (Lipinski definition) is 3. The number of nitriles is 2. The van der Waals surface area contributed by atoms with Crippen molar-refractivity contribution in [3.8, 4) is 34.5 Å². The molecule has 2 aromatic carbocycles. The summed E-state index contributed by atoms with van der Waals surface area (Å²) in [7, 11) is 0. The molecule has 0 unspecified atom stereocenters. The molecular weight excluding hydrogens is 308 g/mol. The molecule has 4 heteroatoms. The van der Waals surface area contributed by atoms with E-state index in [1.165, 1.54) is 6.07 Å². The Morgan fingerprint density at radius 3 is 2.32 bits per heavy atom. The fraction of sp³-hybridized carbons (Fsp3) is 0.0476. The van der Waals surface area contributed by atoms with E-state index in [-0.39, 0.29) is 11.1 Å². The topological polar surface area (TPSA) is 64.8 Å². The van der Waals surface area contributed by atoms with E-state index in [9.17, 15) is 10.5 Å². The van der Waals surface area contributed by atoms with Gasteiger partial charge in [0.05, 0.1) is 29.5 Å². The molecule has 0 radical (unpaired) electrons. The summed E-state index contributed by atoms with van der Waals surface area (Å²) in [5.41, 5.74) is 4.88. The molecule has 3 rings (SSSR count). The van der Waals surface area contributed by atoms with Crippen LogP contribution in [0.15, 0.2) is 54.7 Å². The highest BCUT2D eigenvalue weighted by Crippen LogP contribution is 2.39. The van der Waals surface area contributed by atoms with Gasteiger partial charge in [0.15, 0.2) is 5.69 Å². The normalized spacial score (nSPS) is 9.68. The van der Waals surface area contributed by atoms with Crippen LogP contribution in [0.2, 0.25) is 0 Å². The Hall–Kier alpha value is -3.94. The van der Waals surface area contributed by atoms with Crippen LogP contribution in [-0.4, -0.2) is 4.98 Å². The lowest BCUT2D eigenvalue weighted by molar-refractivity contribution is 1.28. The van der Waals surface area contributed by atoms with Gasteiger partial charge in [-0.25, -0.2) is 4.85 Å². The van der Waals surface area contributed by atoms with Crippen LogP contribution in [0.1, 0.15) is 16.7 Å². The van der Waals surface area contributed by atoms with Gasteiger partial charge in [-0.15, -0.1) is 0 Å². The largest absolute Gasteiger partial charge is 0.257 e. The van der Waals surface area contributed by atoms with E-state index >= 15 is 0 Å². The fourth-order valence-corrected chi connectivity index (χ4v) is 2.79. The van der Waals surface area contributed by atoms with Crippen LogP contribution in [0.5, 0.6) is 0 Å². The molecule has 0 N–H and O–H groups in total. The number of pyridine rings is 1. The van der Waals surface area contributed by atoms with Crippen molar-refractivity contribution in [2.45, 2.75) is 6.92 Å². The molecule has 0 aliphatic carbocycles. The van der Waals surface area contributed by atoms with Crippen molar-refractivity contribution in [1.29, 1.82) is 10.5 Å². The lowest BCUT2D eigenvalue weighted by atomic mass is 9.93. The average molecular weight is 320 g/mol. The molecule has 0 spiro atoms. The molecule has 0 saturated carbocycles. The second-order valence-corrected chi connectivity index (χ2v) is 5.47. The molecule has 25 heavy (non-hydrogen) atoms. The quantitative estimate of drug-likeness (QED) is 0.623. The fourth-order valence-electron chi connectivity index (χ4n) is 2.79. The lowest BCUT2D eigenvalue weighted by Crippen LogP contribution is -1.94. The van der Waals surface area contributed by atoms with E-state index in [1.54, 1.807) is 12.3 Å².